The summed E-state index contributed by atoms with van der Waals surface area (Å²) in [6.45, 7) is 0.385. The molecular formula is C15H20N2O4. The minimum Gasteiger partial charge on any atom is -0.479 e. The molecule has 6 heteroatoms. The van der Waals surface area contributed by atoms with Crippen LogP contribution in [0, 0.1) is 0 Å². The minimum atomic E-state index is -1.10. The number of urea groups is 1. The normalized spacial score (nSPS) is 17.4. The first-order valence-corrected chi connectivity index (χ1v) is 6.94. The Morgan fingerprint density at radius 3 is 2.48 bits per heavy atom. The summed E-state index contributed by atoms with van der Waals surface area (Å²) in [5.41, 5.74) is 0.244. The molecule has 1 aliphatic carbocycles. The SMILES string of the molecule is COC1(CNC(=O)NC(C(=O)O)c2ccccc2)CCC1. The van der Waals surface area contributed by atoms with Crippen molar-refractivity contribution in [3.8, 4) is 0 Å². The van der Waals surface area contributed by atoms with Gasteiger partial charge in [0.25, 0.3) is 0 Å². The van der Waals surface area contributed by atoms with Gasteiger partial charge >= 0.3 is 12.0 Å². The van der Waals surface area contributed by atoms with Crippen molar-refractivity contribution in [3.63, 3.8) is 0 Å². The van der Waals surface area contributed by atoms with Gasteiger partial charge in [-0.15, -0.1) is 0 Å². The second kappa shape index (κ2) is 6.58. The van der Waals surface area contributed by atoms with E-state index >= 15 is 0 Å². The molecule has 1 atom stereocenters. The Kier molecular flexibility index (Phi) is 4.80. The number of methoxy groups -OCH3 is 1. The van der Waals surface area contributed by atoms with Crippen LogP contribution < -0.4 is 10.6 Å². The summed E-state index contributed by atoms with van der Waals surface area (Å²) in [5.74, 6) is -1.10. The van der Waals surface area contributed by atoms with Crippen LogP contribution in [0.1, 0.15) is 30.9 Å². The van der Waals surface area contributed by atoms with Gasteiger partial charge in [-0.3, -0.25) is 0 Å². The highest BCUT2D eigenvalue weighted by Crippen LogP contribution is 2.34. The summed E-state index contributed by atoms with van der Waals surface area (Å²) < 4.78 is 5.40. The zero-order valence-electron chi connectivity index (χ0n) is 12.0. The van der Waals surface area contributed by atoms with E-state index in [0.717, 1.165) is 19.3 Å². The molecule has 1 saturated carbocycles. The molecule has 3 N–H and O–H groups in total. The summed E-state index contributed by atoms with van der Waals surface area (Å²) in [7, 11) is 1.63. The number of hydrogen-bond acceptors (Lipinski definition) is 3. The largest absolute Gasteiger partial charge is 0.479 e. The molecule has 0 aromatic heterocycles. The van der Waals surface area contributed by atoms with Gasteiger partial charge < -0.3 is 20.5 Å². The number of carbonyl (C=O) groups excluding carboxylic acids is 1. The fourth-order valence-corrected chi connectivity index (χ4v) is 2.38. The molecule has 2 amide bonds. The molecule has 0 saturated heterocycles. The molecule has 0 heterocycles. The van der Waals surface area contributed by atoms with Crippen molar-refractivity contribution in [3.05, 3.63) is 35.9 Å². The molecule has 0 spiro atoms. The molecular weight excluding hydrogens is 272 g/mol. The highest BCUT2D eigenvalue weighted by molar-refractivity contribution is 5.83. The van der Waals surface area contributed by atoms with Crippen molar-refractivity contribution in [2.24, 2.45) is 0 Å². The molecule has 1 aromatic carbocycles. The number of nitrogens with one attached hydrogen (secondary N) is 2. The van der Waals surface area contributed by atoms with Crippen LogP contribution in [0.25, 0.3) is 0 Å². The molecule has 0 bridgehead atoms. The zero-order valence-corrected chi connectivity index (χ0v) is 12.0. The number of ether oxygens (including phenoxy) is 1. The van der Waals surface area contributed by atoms with Gasteiger partial charge in [-0.05, 0) is 24.8 Å². The maximum absolute atomic E-state index is 11.9. The Morgan fingerprint density at radius 2 is 2.00 bits per heavy atom. The second-order valence-corrected chi connectivity index (χ2v) is 5.25. The van der Waals surface area contributed by atoms with Crippen LogP contribution >= 0.6 is 0 Å². The van der Waals surface area contributed by atoms with Gasteiger partial charge in [0.15, 0.2) is 6.04 Å². The number of benzene rings is 1. The Hall–Kier alpha value is -2.08. The van der Waals surface area contributed by atoms with Crippen molar-refractivity contribution in [2.45, 2.75) is 30.9 Å². The summed E-state index contributed by atoms with van der Waals surface area (Å²) in [6.07, 6.45) is 2.90. The number of amides is 2. The van der Waals surface area contributed by atoms with E-state index in [0.29, 0.717) is 12.1 Å². The van der Waals surface area contributed by atoms with Crippen molar-refractivity contribution in [1.29, 1.82) is 0 Å². The van der Waals surface area contributed by atoms with Gasteiger partial charge in [-0.25, -0.2) is 9.59 Å². The highest BCUT2D eigenvalue weighted by Gasteiger charge is 2.37. The first kappa shape index (κ1) is 15.3. The number of aliphatic carboxylic acids is 1. The van der Waals surface area contributed by atoms with Crippen molar-refractivity contribution in [1.82, 2.24) is 10.6 Å². The summed E-state index contributed by atoms with van der Waals surface area (Å²) in [4.78, 5) is 23.2. The molecule has 1 aliphatic rings. The van der Waals surface area contributed by atoms with Crippen LogP contribution in [0.15, 0.2) is 30.3 Å². The van der Waals surface area contributed by atoms with E-state index in [-0.39, 0.29) is 5.60 Å². The molecule has 1 unspecified atom stereocenters. The lowest BCUT2D eigenvalue weighted by Crippen LogP contribution is -2.52. The van der Waals surface area contributed by atoms with E-state index in [2.05, 4.69) is 10.6 Å². The summed E-state index contributed by atoms with van der Waals surface area (Å²) in [6, 6.07) is 7.03. The van der Waals surface area contributed by atoms with Gasteiger partial charge in [-0.2, -0.15) is 0 Å². The standard InChI is InChI=1S/C15H20N2O4/c1-21-15(8-5-9-15)10-16-14(20)17-12(13(18)19)11-6-3-2-4-7-11/h2-4,6-7,12H,5,8-10H2,1H3,(H,18,19)(H2,16,17,20). The fourth-order valence-electron chi connectivity index (χ4n) is 2.38. The Labute approximate surface area is 123 Å². The minimum absolute atomic E-state index is 0.289. The number of carboxylic acid groups (broad SMARTS) is 1. The first-order valence-electron chi connectivity index (χ1n) is 6.94. The molecule has 6 nitrogen and oxygen atoms in total. The molecule has 2 rings (SSSR count). The summed E-state index contributed by atoms with van der Waals surface area (Å²) >= 11 is 0. The van der Waals surface area contributed by atoms with E-state index in [1.165, 1.54) is 0 Å². The molecule has 0 aliphatic heterocycles. The van der Waals surface area contributed by atoms with Crippen LogP contribution in [-0.4, -0.2) is 36.4 Å². The van der Waals surface area contributed by atoms with Crippen LogP contribution in [0.3, 0.4) is 0 Å². The first-order chi connectivity index (χ1) is 10.1. The Bertz CT molecular complexity index is 494. The Balaban J connectivity index is 1.91. The van der Waals surface area contributed by atoms with Gasteiger partial charge in [0.2, 0.25) is 0 Å². The average Bonchev–Trinajstić information content (AvgIpc) is 2.44. The van der Waals surface area contributed by atoms with E-state index < -0.39 is 18.0 Å². The molecule has 1 aromatic rings. The van der Waals surface area contributed by atoms with Gasteiger partial charge in [0.1, 0.15) is 0 Å². The monoisotopic (exact) mass is 292 g/mol. The van der Waals surface area contributed by atoms with Gasteiger partial charge in [-0.1, -0.05) is 30.3 Å². The van der Waals surface area contributed by atoms with E-state index in [9.17, 15) is 14.7 Å². The quantitative estimate of drug-likeness (QED) is 0.744. The summed E-state index contributed by atoms with van der Waals surface area (Å²) in [5, 5.41) is 14.4. The fraction of sp³-hybridized carbons (Fsp3) is 0.467. The lowest BCUT2D eigenvalue weighted by atomic mass is 9.80. The molecule has 21 heavy (non-hydrogen) atoms. The third kappa shape index (κ3) is 3.72. The third-order valence-electron chi connectivity index (χ3n) is 3.92. The maximum Gasteiger partial charge on any atom is 0.330 e. The van der Waals surface area contributed by atoms with Crippen molar-refractivity contribution in [2.75, 3.05) is 13.7 Å². The van der Waals surface area contributed by atoms with Crippen LogP contribution in [0.4, 0.5) is 4.79 Å². The van der Waals surface area contributed by atoms with Gasteiger partial charge in [0.05, 0.1) is 5.60 Å². The number of rotatable bonds is 6. The smallest absolute Gasteiger partial charge is 0.330 e. The molecule has 114 valence electrons. The molecule has 1 fully saturated rings. The second-order valence-electron chi connectivity index (χ2n) is 5.25. The lowest BCUT2D eigenvalue weighted by Gasteiger charge is -2.40. The predicted octanol–water partition coefficient (Wildman–Crippen LogP) is 1.68. The maximum atomic E-state index is 11.9. The number of carboxylic acids is 1. The zero-order chi connectivity index (χ0) is 15.3. The van der Waals surface area contributed by atoms with E-state index in [1.807, 2.05) is 0 Å². The Morgan fingerprint density at radius 1 is 1.33 bits per heavy atom. The van der Waals surface area contributed by atoms with Crippen molar-refractivity contribution < 1.29 is 19.4 Å². The average molecular weight is 292 g/mol. The lowest BCUT2D eigenvalue weighted by molar-refractivity contribution is -0.139. The van der Waals surface area contributed by atoms with Crippen LogP contribution in [0.2, 0.25) is 0 Å². The van der Waals surface area contributed by atoms with E-state index in [1.54, 1.807) is 37.4 Å². The number of carbonyl (C=O) groups is 2. The van der Waals surface area contributed by atoms with Crippen LogP contribution in [-0.2, 0) is 9.53 Å². The highest BCUT2D eigenvalue weighted by atomic mass is 16.5. The van der Waals surface area contributed by atoms with Gasteiger partial charge in [0, 0.05) is 13.7 Å². The number of hydrogen-bond donors (Lipinski definition) is 3. The van der Waals surface area contributed by atoms with Crippen LogP contribution in [0.5, 0.6) is 0 Å². The third-order valence-corrected chi connectivity index (χ3v) is 3.92. The van der Waals surface area contributed by atoms with E-state index in [4.69, 9.17) is 4.74 Å². The van der Waals surface area contributed by atoms with Crippen molar-refractivity contribution >= 4 is 12.0 Å². The predicted molar refractivity (Wildman–Crippen MR) is 76.9 cm³/mol. The molecule has 0 radical (unpaired) electrons. The topological polar surface area (TPSA) is 87.7 Å².